The molecule has 1 aromatic carbocycles. The van der Waals surface area contributed by atoms with Gasteiger partial charge in [-0.1, -0.05) is 24.3 Å². The van der Waals surface area contributed by atoms with Crippen molar-refractivity contribution in [2.24, 2.45) is 12.0 Å². The summed E-state index contributed by atoms with van der Waals surface area (Å²) in [5, 5.41) is 7.62. The summed E-state index contributed by atoms with van der Waals surface area (Å²) in [5.41, 5.74) is 2.95. The van der Waals surface area contributed by atoms with E-state index in [9.17, 15) is 13.2 Å². The average Bonchev–Trinajstić information content (AvgIpc) is 3.34. The Morgan fingerprint density at radius 1 is 1.27 bits per heavy atom. The summed E-state index contributed by atoms with van der Waals surface area (Å²) < 4.78 is 43.0. The summed E-state index contributed by atoms with van der Waals surface area (Å²) in [4.78, 5) is 7.02. The molecule has 1 N–H and O–H groups in total. The molecule has 1 aromatic heterocycles. The van der Waals surface area contributed by atoms with E-state index < -0.39 is 12.8 Å². The van der Waals surface area contributed by atoms with Gasteiger partial charge in [0.15, 0.2) is 5.96 Å². The van der Waals surface area contributed by atoms with Crippen LogP contribution in [0.4, 0.5) is 13.2 Å². The number of rotatable bonds is 7. The van der Waals surface area contributed by atoms with Crippen molar-refractivity contribution < 1.29 is 17.9 Å². The second-order valence-electron chi connectivity index (χ2n) is 7.47. The predicted molar refractivity (Wildman–Crippen MR) is 109 cm³/mol. The Hall–Kier alpha value is -2.55. The number of alkyl halides is 3. The predicted octanol–water partition coefficient (Wildman–Crippen LogP) is 3.45. The van der Waals surface area contributed by atoms with Gasteiger partial charge in [0, 0.05) is 38.8 Å². The van der Waals surface area contributed by atoms with Crippen molar-refractivity contribution in [2.45, 2.75) is 38.6 Å². The fraction of sp³-hybridized carbons (Fsp3) is 0.524. The minimum atomic E-state index is -4.30. The number of hydrogen-bond donors (Lipinski definition) is 1. The first-order chi connectivity index (χ1) is 14.3. The van der Waals surface area contributed by atoms with Crippen LogP contribution in [0.15, 0.2) is 41.7 Å². The van der Waals surface area contributed by atoms with Crippen LogP contribution in [0.2, 0.25) is 0 Å². The van der Waals surface area contributed by atoms with Gasteiger partial charge in [-0.3, -0.25) is 4.68 Å². The smallest absolute Gasteiger partial charge is 0.367 e. The number of likely N-dealkylation sites (tertiary alicyclic amines) is 1. The highest BCUT2D eigenvalue weighted by Crippen LogP contribution is 2.26. The first-order valence-corrected chi connectivity index (χ1v) is 10.1. The Kier molecular flexibility index (Phi) is 7.36. The molecular formula is C21H28F3N5O. The van der Waals surface area contributed by atoms with Crippen molar-refractivity contribution >= 4 is 5.96 Å². The third-order valence-electron chi connectivity index (χ3n) is 4.99. The second-order valence-corrected chi connectivity index (χ2v) is 7.47. The highest BCUT2D eigenvalue weighted by molar-refractivity contribution is 5.80. The van der Waals surface area contributed by atoms with Crippen LogP contribution >= 0.6 is 0 Å². The second kappa shape index (κ2) is 9.97. The fourth-order valence-electron chi connectivity index (χ4n) is 3.49. The molecule has 0 amide bonds. The van der Waals surface area contributed by atoms with Crippen LogP contribution in [-0.2, 0) is 24.9 Å². The van der Waals surface area contributed by atoms with Gasteiger partial charge in [0.25, 0.3) is 0 Å². The van der Waals surface area contributed by atoms with Gasteiger partial charge in [-0.05, 0) is 30.0 Å². The molecule has 1 fully saturated rings. The third kappa shape index (κ3) is 6.48. The number of aliphatic imine (C=N–C) groups is 1. The zero-order chi connectivity index (χ0) is 21.6. The van der Waals surface area contributed by atoms with Crippen LogP contribution in [0, 0.1) is 0 Å². The van der Waals surface area contributed by atoms with E-state index in [1.54, 1.807) is 12.1 Å². The molecule has 0 spiro atoms. The lowest BCUT2D eigenvalue weighted by Crippen LogP contribution is -2.40. The van der Waals surface area contributed by atoms with E-state index in [-0.39, 0.29) is 6.61 Å². The van der Waals surface area contributed by atoms with E-state index in [0.29, 0.717) is 18.0 Å². The molecule has 1 aliphatic heterocycles. The Morgan fingerprint density at radius 2 is 2.00 bits per heavy atom. The number of nitrogens with one attached hydrogen (secondary N) is 1. The molecule has 30 heavy (non-hydrogen) atoms. The van der Waals surface area contributed by atoms with Gasteiger partial charge in [0.1, 0.15) is 6.61 Å². The Labute approximate surface area is 174 Å². The molecule has 1 atom stereocenters. The average molecular weight is 423 g/mol. The number of halogens is 3. The fourth-order valence-corrected chi connectivity index (χ4v) is 3.49. The maximum atomic E-state index is 12.2. The van der Waals surface area contributed by atoms with Crippen LogP contribution in [0.1, 0.15) is 36.0 Å². The molecule has 1 saturated heterocycles. The number of aryl methyl sites for hydroxylation is 1. The van der Waals surface area contributed by atoms with Gasteiger partial charge in [-0.2, -0.15) is 18.3 Å². The highest BCUT2D eigenvalue weighted by atomic mass is 19.4. The molecule has 2 aromatic rings. The zero-order valence-electron chi connectivity index (χ0n) is 17.3. The molecule has 0 aliphatic carbocycles. The first-order valence-electron chi connectivity index (χ1n) is 10.1. The van der Waals surface area contributed by atoms with Crippen LogP contribution in [0.25, 0.3) is 0 Å². The van der Waals surface area contributed by atoms with Crippen LogP contribution in [-0.4, -0.2) is 53.1 Å². The highest BCUT2D eigenvalue weighted by Gasteiger charge is 2.28. The van der Waals surface area contributed by atoms with E-state index >= 15 is 0 Å². The topological polar surface area (TPSA) is 54.7 Å². The van der Waals surface area contributed by atoms with Crippen LogP contribution < -0.4 is 5.32 Å². The van der Waals surface area contributed by atoms with Crippen LogP contribution in [0.3, 0.4) is 0 Å². The normalized spacial score (nSPS) is 17.6. The van der Waals surface area contributed by atoms with Crippen molar-refractivity contribution in [3.63, 3.8) is 0 Å². The Bertz CT molecular complexity index is 832. The number of benzene rings is 1. The number of ether oxygens (including phenoxy) is 1. The summed E-state index contributed by atoms with van der Waals surface area (Å²) >= 11 is 0. The molecule has 0 radical (unpaired) electrons. The van der Waals surface area contributed by atoms with Gasteiger partial charge in [-0.25, -0.2) is 4.99 Å². The molecule has 6 nitrogen and oxygen atoms in total. The lowest BCUT2D eigenvalue weighted by atomic mass is 10.0. The van der Waals surface area contributed by atoms with Gasteiger partial charge in [0.2, 0.25) is 0 Å². The van der Waals surface area contributed by atoms with Gasteiger partial charge < -0.3 is 15.0 Å². The molecule has 164 valence electrons. The Morgan fingerprint density at radius 3 is 2.63 bits per heavy atom. The molecule has 1 unspecified atom stereocenters. The monoisotopic (exact) mass is 423 g/mol. The SMILES string of the molecule is CCNC(=NCc1ccc(COCC(F)(F)F)cc1)N1CCC(c2cnn(C)c2)C1. The van der Waals surface area contributed by atoms with Crippen molar-refractivity contribution in [3.05, 3.63) is 53.3 Å². The van der Waals surface area contributed by atoms with E-state index in [1.807, 2.05) is 37.0 Å². The minimum absolute atomic E-state index is 0.0603. The summed E-state index contributed by atoms with van der Waals surface area (Å²) in [6.45, 7) is 3.85. The molecule has 1 aliphatic rings. The summed E-state index contributed by atoms with van der Waals surface area (Å²) in [6, 6.07) is 7.31. The van der Waals surface area contributed by atoms with E-state index in [4.69, 9.17) is 9.73 Å². The molecule has 0 saturated carbocycles. The van der Waals surface area contributed by atoms with Crippen molar-refractivity contribution in [2.75, 3.05) is 26.2 Å². The number of guanidine groups is 1. The van der Waals surface area contributed by atoms with Crippen molar-refractivity contribution in [1.29, 1.82) is 0 Å². The number of hydrogen-bond acceptors (Lipinski definition) is 3. The third-order valence-corrected chi connectivity index (χ3v) is 4.99. The lowest BCUT2D eigenvalue weighted by molar-refractivity contribution is -0.176. The van der Waals surface area contributed by atoms with Crippen molar-refractivity contribution in [1.82, 2.24) is 20.0 Å². The van der Waals surface area contributed by atoms with E-state index in [2.05, 4.69) is 21.5 Å². The molecule has 9 heteroatoms. The van der Waals surface area contributed by atoms with Crippen LogP contribution in [0.5, 0.6) is 0 Å². The van der Waals surface area contributed by atoms with Gasteiger partial charge in [-0.15, -0.1) is 0 Å². The maximum Gasteiger partial charge on any atom is 0.411 e. The number of aromatic nitrogens is 2. The first kappa shape index (κ1) is 22.1. The van der Waals surface area contributed by atoms with Crippen molar-refractivity contribution in [3.8, 4) is 0 Å². The molecule has 3 rings (SSSR count). The maximum absolute atomic E-state index is 12.2. The summed E-state index contributed by atoms with van der Waals surface area (Å²) in [7, 11) is 1.93. The van der Waals surface area contributed by atoms with E-state index in [0.717, 1.165) is 37.6 Å². The quantitative estimate of drug-likeness (QED) is 0.548. The molecule has 2 heterocycles. The van der Waals surface area contributed by atoms with E-state index in [1.165, 1.54) is 5.56 Å². The lowest BCUT2D eigenvalue weighted by Gasteiger charge is -2.21. The standard InChI is InChI=1S/C21H28F3N5O/c1-3-25-20(29-9-8-18(13-29)19-11-27-28(2)12-19)26-10-16-4-6-17(7-5-16)14-30-15-21(22,23)24/h4-7,11-12,18H,3,8-10,13-15H2,1-2H3,(H,25,26). The summed E-state index contributed by atoms with van der Waals surface area (Å²) in [5.74, 6) is 1.32. The summed E-state index contributed by atoms with van der Waals surface area (Å²) in [6.07, 6.45) is 0.752. The van der Waals surface area contributed by atoms with Gasteiger partial charge >= 0.3 is 6.18 Å². The molecular weight excluding hydrogens is 395 g/mol. The number of nitrogens with zero attached hydrogens (tertiary/aromatic N) is 4. The minimum Gasteiger partial charge on any atom is -0.367 e. The Balaban J connectivity index is 1.55. The largest absolute Gasteiger partial charge is 0.411 e. The molecule has 0 bridgehead atoms. The zero-order valence-corrected chi connectivity index (χ0v) is 17.3. The van der Waals surface area contributed by atoms with Gasteiger partial charge in [0.05, 0.1) is 19.3 Å².